The highest BCUT2D eigenvalue weighted by molar-refractivity contribution is 14.1. The van der Waals surface area contributed by atoms with Crippen LogP contribution < -0.4 is 17.2 Å². The van der Waals surface area contributed by atoms with Crippen LogP contribution in [0, 0.1) is 17.4 Å². The second-order valence-electron chi connectivity index (χ2n) is 2.81. The van der Waals surface area contributed by atoms with Gasteiger partial charge in [-0.3, -0.25) is 0 Å². The predicted octanol–water partition coefficient (Wildman–Crippen LogP) is 1.65. The summed E-state index contributed by atoms with van der Waals surface area (Å²) < 4.78 is 0.855. The predicted molar refractivity (Wildman–Crippen MR) is 61.9 cm³/mol. The van der Waals surface area contributed by atoms with E-state index < -0.39 is 0 Å². The normalized spacial score (nSPS) is 10.2. The Morgan fingerprint density at radius 1 is 0.833 bits per heavy atom. The SMILES string of the molecule is Cc1c(C)c(N)c(I)c(N)c1N. The molecule has 0 amide bonds. The zero-order valence-electron chi connectivity index (χ0n) is 7.11. The van der Waals surface area contributed by atoms with Crippen molar-refractivity contribution in [1.82, 2.24) is 0 Å². The molecular weight excluding hydrogens is 265 g/mol. The van der Waals surface area contributed by atoms with Gasteiger partial charge in [-0.05, 0) is 47.6 Å². The van der Waals surface area contributed by atoms with Gasteiger partial charge >= 0.3 is 0 Å². The molecule has 4 heteroatoms. The fourth-order valence-corrected chi connectivity index (χ4v) is 1.73. The van der Waals surface area contributed by atoms with E-state index in [0.29, 0.717) is 11.4 Å². The van der Waals surface area contributed by atoms with Gasteiger partial charge in [-0.25, -0.2) is 0 Å². The van der Waals surface area contributed by atoms with E-state index in [1.165, 1.54) is 0 Å². The minimum atomic E-state index is 0.594. The lowest BCUT2D eigenvalue weighted by Crippen LogP contribution is -2.06. The maximum absolute atomic E-state index is 5.81. The van der Waals surface area contributed by atoms with E-state index in [4.69, 9.17) is 17.2 Å². The summed E-state index contributed by atoms with van der Waals surface area (Å²) in [5, 5.41) is 0. The Morgan fingerprint density at radius 2 is 1.25 bits per heavy atom. The number of anilines is 3. The van der Waals surface area contributed by atoms with Crippen molar-refractivity contribution < 1.29 is 0 Å². The average Bonchev–Trinajstić information content (AvgIpc) is 2.08. The Balaban J connectivity index is 3.60. The molecule has 0 heterocycles. The highest BCUT2D eigenvalue weighted by Crippen LogP contribution is 2.33. The molecule has 0 fully saturated rings. The molecule has 66 valence electrons. The average molecular weight is 277 g/mol. The van der Waals surface area contributed by atoms with Crippen LogP contribution in [-0.2, 0) is 0 Å². The zero-order valence-corrected chi connectivity index (χ0v) is 9.27. The molecule has 0 unspecified atom stereocenters. The molecule has 3 nitrogen and oxygen atoms in total. The zero-order chi connectivity index (χ0) is 9.46. The van der Waals surface area contributed by atoms with Crippen LogP contribution in [0.3, 0.4) is 0 Å². The van der Waals surface area contributed by atoms with Crippen LogP contribution in [0.1, 0.15) is 11.1 Å². The molecule has 0 bridgehead atoms. The first-order valence-corrected chi connectivity index (χ1v) is 4.63. The van der Waals surface area contributed by atoms with Gasteiger partial charge in [0.15, 0.2) is 0 Å². The van der Waals surface area contributed by atoms with Crippen molar-refractivity contribution in [1.29, 1.82) is 0 Å². The van der Waals surface area contributed by atoms with Gasteiger partial charge < -0.3 is 17.2 Å². The molecule has 0 aliphatic heterocycles. The number of nitrogens with two attached hydrogens (primary N) is 3. The summed E-state index contributed by atoms with van der Waals surface area (Å²) in [5.74, 6) is 0. The summed E-state index contributed by atoms with van der Waals surface area (Å²) in [6.45, 7) is 3.87. The maximum Gasteiger partial charge on any atom is 0.0707 e. The minimum Gasteiger partial charge on any atom is -0.398 e. The van der Waals surface area contributed by atoms with Crippen LogP contribution in [0.2, 0.25) is 0 Å². The summed E-state index contributed by atoms with van der Waals surface area (Å²) in [6.07, 6.45) is 0. The number of hydrogen-bond donors (Lipinski definition) is 3. The van der Waals surface area contributed by atoms with E-state index >= 15 is 0 Å². The first-order valence-electron chi connectivity index (χ1n) is 3.56. The smallest absolute Gasteiger partial charge is 0.0707 e. The molecule has 0 saturated heterocycles. The fraction of sp³-hybridized carbons (Fsp3) is 0.250. The molecule has 1 aromatic carbocycles. The largest absolute Gasteiger partial charge is 0.398 e. The lowest BCUT2D eigenvalue weighted by molar-refractivity contribution is 1.34. The lowest BCUT2D eigenvalue weighted by Gasteiger charge is -2.13. The van der Waals surface area contributed by atoms with Crippen LogP contribution >= 0.6 is 22.6 Å². The van der Waals surface area contributed by atoms with Crippen molar-refractivity contribution in [2.24, 2.45) is 0 Å². The van der Waals surface area contributed by atoms with Crippen molar-refractivity contribution in [2.75, 3.05) is 17.2 Å². The Labute approximate surface area is 85.4 Å². The Hall–Kier alpha value is -0.650. The number of nitrogen functional groups attached to an aromatic ring is 3. The minimum absolute atomic E-state index is 0.594. The fourth-order valence-electron chi connectivity index (χ4n) is 1.03. The monoisotopic (exact) mass is 277 g/mol. The van der Waals surface area contributed by atoms with Crippen molar-refractivity contribution >= 4 is 39.7 Å². The third-order valence-corrected chi connectivity index (χ3v) is 3.30. The Kier molecular flexibility index (Phi) is 2.36. The van der Waals surface area contributed by atoms with Crippen LogP contribution in [0.4, 0.5) is 17.1 Å². The van der Waals surface area contributed by atoms with Crippen molar-refractivity contribution in [3.8, 4) is 0 Å². The molecule has 0 aliphatic carbocycles. The van der Waals surface area contributed by atoms with Gasteiger partial charge in [-0.1, -0.05) is 0 Å². The van der Waals surface area contributed by atoms with E-state index in [9.17, 15) is 0 Å². The van der Waals surface area contributed by atoms with E-state index in [1.807, 2.05) is 13.8 Å². The molecule has 1 aromatic rings. The number of hydrogen-bond acceptors (Lipinski definition) is 3. The third kappa shape index (κ3) is 1.20. The van der Waals surface area contributed by atoms with Crippen LogP contribution in [0.5, 0.6) is 0 Å². The highest BCUT2D eigenvalue weighted by atomic mass is 127. The van der Waals surface area contributed by atoms with E-state index in [1.54, 1.807) is 0 Å². The second kappa shape index (κ2) is 3.01. The third-order valence-electron chi connectivity index (χ3n) is 2.13. The summed E-state index contributed by atoms with van der Waals surface area (Å²) in [7, 11) is 0. The molecule has 6 N–H and O–H groups in total. The number of rotatable bonds is 0. The van der Waals surface area contributed by atoms with Crippen LogP contribution in [0.25, 0.3) is 0 Å². The van der Waals surface area contributed by atoms with Gasteiger partial charge in [-0.2, -0.15) is 0 Å². The number of halogens is 1. The summed E-state index contributed by atoms with van der Waals surface area (Å²) in [5.41, 5.74) is 21.3. The summed E-state index contributed by atoms with van der Waals surface area (Å²) in [6, 6.07) is 0. The molecule has 0 aromatic heterocycles. The Morgan fingerprint density at radius 3 is 1.75 bits per heavy atom. The first-order chi connectivity index (χ1) is 5.46. The summed E-state index contributed by atoms with van der Waals surface area (Å²) >= 11 is 2.11. The van der Waals surface area contributed by atoms with Gasteiger partial charge in [0.2, 0.25) is 0 Å². The molecule has 0 aliphatic rings. The molecular formula is C8H12IN3. The molecule has 0 atom stereocenters. The van der Waals surface area contributed by atoms with Gasteiger partial charge in [0.1, 0.15) is 0 Å². The Bertz CT molecular complexity index is 229. The molecule has 0 radical (unpaired) electrons. The number of benzene rings is 1. The molecule has 0 saturated carbocycles. The van der Waals surface area contributed by atoms with Gasteiger partial charge in [0.25, 0.3) is 0 Å². The lowest BCUT2D eigenvalue weighted by atomic mass is 10.1. The molecule has 0 spiro atoms. The van der Waals surface area contributed by atoms with E-state index in [0.717, 1.165) is 20.4 Å². The van der Waals surface area contributed by atoms with Crippen LogP contribution in [-0.4, -0.2) is 0 Å². The molecule has 1 rings (SSSR count). The quantitative estimate of drug-likeness (QED) is 0.498. The summed E-state index contributed by atoms with van der Waals surface area (Å²) in [4.78, 5) is 0. The van der Waals surface area contributed by atoms with Crippen molar-refractivity contribution in [2.45, 2.75) is 13.8 Å². The van der Waals surface area contributed by atoms with Crippen molar-refractivity contribution in [3.05, 3.63) is 14.7 Å². The second-order valence-corrected chi connectivity index (χ2v) is 3.88. The topological polar surface area (TPSA) is 78.1 Å². The van der Waals surface area contributed by atoms with Crippen molar-refractivity contribution in [3.63, 3.8) is 0 Å². The van der Waals surface area contributed by atoms with E-state index in [-0.39, 0.29) is 0 Å². The van der Waals surface area contributed by atoms with E-state index in [2.05, 4.69) is 22.6 Å². The highest BCUT2D eigenvalue weighted by Gasteiger charge is 2.11. The van der Waals surface area contributed by atoms with Gasteiger partial charge in [-0.15, -0.1) is 0 Å². The maximum atomic E-state index is 5.81. The van der Waals surface area contributed by atoms with Gasteiger partial charge in [0.05, 0.1) is 20.6 Å². The molecule has 12 heavy (non-hydrogen) atoms. The standard InChI is InChI=1S/C8H12IN3/c1-3-4(2)7(11)8(12)5(9)6(3)10/h10-12H2,1-2H3. The van der Waals surface area contributed by atoms with Gasteiger partial charge in [0, 0.05) is 0 Å². The van der Waals surface area contributed by atoms with Crippen LogP contribution in [0.15, 0.2) is 0 Å². The first kappa shape index (κ1) is 9.44.